The quantitative estimate of drug-likeness (QED) is 0.713. The van der Waals surface area contributed by atoms with E-state index in [1.54, 1.807) is 12.1 Å². The summed E-state index contributed by atoms with van der Waals surface area (Å²) in [6.45, 7) is 2.79. The molecular weight excluding hydrogens is 335 g/mol. The molecule has 1 N–H and O–H groups in total. The van der Waals surface area contributed by atoms with Crippen molar-refractivity contribution in [3.05, 3.63) is 55.7 Å². The molecule has 114 valence electrons. The lowest BCUT2D eigenvalue weighted by atomic mass is 10.0. The zero-order valence-corrected chi connectivity index (χ0v) is 13.8. The molecule has 0 saturated carbocycles. The summed E-state index contributed by atoms with van der Waals surface area (Å²) < 4.78 is 28.3. The van der Waals surface area contributed by atoms with Gasteiger partial charge >= 0.3 is 0 Å². The average Bonchev–Trinajstić information content (AvgIpc) is 2.78. The molecule has 0 amide bonds. The molecule has 0 fully saturated rings. The molecule has 2 rings (SSSR count). The van der Waals surface area contributed by atoms with Crippen LogP contribution in [0.25, 0.3) is 0 Å². The minimum absolute atomic E-state index is 0.197. The summed E-state index contributed by atoms with van der Waals surface area (Å²) in [5.41, 5.74) is 1.14. The van der Waals surface area contributed by atoms with Gasteiger partial charge in [0.1, 0.15) is 0 Å². The van der Waals surface area contributed by atoms with Crippen LogP contribution in [0.1, 0.15) is 30.5 Å². The Kier molecular flexibility index (Phi) is 5.99. The molecule has 1 atom stereocenters. The van der Waals surface area contributed by atoms with Crippen molar-refractivity contribution in [3.63, 3.8) is 0 Å². The normalized spacial score (nSPS) is 12.6. The summed E-state index contributed by atoms with van der Waals surface area (Å²) in [6.07, 6.45) is 1.24. The number of rotatable bonds is 6. The summed E-state index contributed by atoms with van der Waals surface area (Å²) >= 11 is 13.4. The van der Waals surface area contributed by atoms with E-state index >= 15 is 0 Å². The van der Waals surface area contributed by atoms with E-state index in [9.17, 15) is 8.78 Å². The third-order valence-electron chi connectivity index (χ3n) is 3.15. The number of nitrogens with one attached hydrogen (secondary N) is 1. The minimum atomic E-state index is -0.837. The maximum absolute atomic E-state index is 13.8. The second-order valence-electron chi connectivity index (χ2n) is 4.70. The fraction of sp³-hybridized carbons (Fsp3) is 0.333. The second kappa shape index (κ2) is 7.54. The monoisotopic (exact) mass is 349 g/mol. The Bertz CT molecular complexity index is 616. The van der Waals surface area contributed by atoms with Crippen LogP contribution in [0, 0.1) is 11.6 Å². The maximum atomic E-state index is 13.8. The molecule has 0 radical (unpaired) electrons. The molecule has 1 aromatic carbocycles. The number of hydrogen-bond donors (Lipinski definition) is 1. The van der Waals surface area contributed by atoms with Crippen LogP contribution < -0.4 is 5.32 Å². The van der Waals surface area contributed by atoms with Crippen LogP contribution in [0.15, 0.2) is 24.3 Å². The van der Waals surface area contributed by atoms with Gasteiger partial charge in [0.25, 0.3) is 0 Å². The van der Waals surface area contributed by atoms with Gasteiger partial charge in [-0.15, -0.1) is 11.3 Å². The van der Waals surface area contributed by atoms with Gasteiger partial charge < -0.3 is 5.32 Å². The van der Waals surface area contributed by atoms with Crippen LogP contribution in [-0.2, 0) is 6.42 Å². The smallest absolute Gasteiger partial charge is 0.162 e. The van der Waals surface area contributed by atoms with Gasteiger partial charge in [-0.1, -0.05) is 42.3 Å². The van der Waals surface area contributed by atoms with E-state index in [4.69, 9.17) is 23.2 Å². The number of halogens is 4. The number of thiophene rings is 1. The Morgan fingerprint density at radius 3 is 2.67 bits per heavy atom. The summed E-state index contributed by atoms with van der Waals surface area (Å²) in [5.74, 6) is -1.64. The van der Waals surface area contributed by atoms with Gasteiger partial charge in [-0.05, 0) is 37.1 Å². The Labute approximate surface area is 136 Å². The highest BCUT2D eigenvalue weighted by molar-refractivity contribution is 7.20. The van der Waals surface area contributed by atoms with Crippen LogP contribution in [0.4, 0.5) is 8.78 Å². The van der Waals surface area contributed by atoms with Crippen LogP contribution in [-0.4, -0.2) is 6.54 Å². The van der Waals surface area contributed by atoms with Crippen LogP contribution in [0.5, 0.6) is 0 Å². The zero-order valence-electron chi connectivity index (χ0n) is 11.4. The van der Waals surface area contributed by atoms with E-state index in [0.717, 1.165) is 24.6 Å². The lowest BCUT2D eigenvalue weighted by Crippen LogP contribution is -2.24. The van der Waals surface area contributed by atoms with E-state index in [-0.39, 0.29) is 6.04 Å². The molecule has 0 bridgehead atoms. The average molecular weight is 350 g/mol. The molecular formula is C15H15Cl2F2NS. The van der Waals surface area contributed by atoms with Crippen LogP contribution >= 0.6 is 34.5 Å². The molecule has 0 spiro atoms. The molecule has 1 aromatic heterocycles. The summed E-state index contributed by atoms with van der Waals surface area (Å²) in [6, 6.07) is 5.78. The van der Waals surface area contributed by atoms with E-state index in [0.29, 0.717) is 20.7 Å². The van der Waals surface area contributed by atoms with Crippen molar-refractivity contribution in [2.24, 2.45) is 0 Å². The Morgan fingerprint density at radius 2 is 2.05 bits per heavy atom. The summed E-state index contributed by atoms with van der Waals surface area (Å²) in [7, 11) is 0. The first-order valence-electron chi connectivity index (χ1n) is 6.64. The van der Waals surface area contributed by atoms with Gasteiger partial charge in [-0.25, -0.2) is 8.78 Å². The second-order valence-corrected chi connectivity index (χ2v) is 6.99. The predicted molar refractivity (Wildman–Crippen MR) is 85.4 cm³/mol. The van der Waals surface area contributed by atoms with Gasteiger partial charge in [0.2, 0.25) is 0 Å². The first-order valence-corrected chi connectivity index (χ1v) is 8.21. The fourth-order valence-electron chi connectivity index (χ4n) is 2.13. The third-order valence-corrected chi connectivity index (χ3v) is 4.67. The van der Waals surface area contributed by atoms with Crippen LogP contribution in [0.2, 0.25) is 8.67 Å². The fourth-order valence-corrected chi connectivity index (χ4v) is 3.71. The molecule has 1 heterocycles. The van der Waals surface area contributed by atoms with Crippen molar-refractivity contribution in [3.8, 4) is 0 Å². The number of benzene rings is 1. The van der Waals surface area contributed by atoms with Gasteiger partial charge in [0.05, 0.1) is 8.67 Å². The third kappa shape index (κ3) is 4.16. The summed E-state index contributed by atoms with van der Waals surface area (Å²) in [5, 5.41) is 3.31. The highest BCUT2D eigenvalue weighted by Gasteiger charge is 2.20. The van der Waals surface area contributed by atoms with Gasteiger partial charge in [-0.3, -0.25) is 0 Å². The molecule has 0 saturated heterocycles. The first-order chi connectivity index (χ1) is 10.0. The lowest BCUT2D eigenvalue weighted by molar-refractivity contribution is 0.477. The van der Waals surface area contributed by atoms with Crippen molar-refractivity contribution in [1.29, 1.82) is 0 Å². The van der Waals surface area contributed by atoms with Crippen molar-refractivity contribution in [1.82, 2.24) is 5.32 Å². The molecule has 21 heavy (non-hydrogen) atoms. The predicted octanol–water partition coefficient (Wildman–Crippen LogP) is 5.62. The molecule has 0 aliphatic carbocycles. The topological polar surface area (TPSA) is 12.0 Å². The number of hydrogen-bond acceptors (Lipinski definition) is 2. The summed E-state index contributed by atoms with van der Waals surface area (Å²) in [4.78, 5) is 0. The highest BCUT2D eigenvalue weighted by Crippen LogP contribution is 2.36. The zero-order chi connectivity index (χ0) is 15.4. The molecule has 0 aliphatic rings. The van der Waals surface area contributed by atoms with Crippen LogP contribution in [0.3, 0.4) is 0 Å². The van der Waals surface area contributed by atoms with E-state index < -0.39 is 11.6 Å². The lowest BCUT2D eigenvalue weighted by Gasteiger charge is -2.19. The van der Waals surface area contributed by atoms with Gasteiger partial charge in [0.15, 0.2) is 11.6 Å². The molecule has 1 unspecified atom stereocenters. The Balaban J connectivity index is 2.28. The Hall–Kier alpha value is -0.680. The standard InChI is InChI=1S/C15H15Cl2F2NS/c1-2-6-20-12(10-8-13(16)21-15(10)17)7-9-4-3-5-11(18)14(9)19/h3-5,8,12,20H,2,6-7H2,1H3. The van der Waals surface area contributed by atoms with E-state index in [2.05, 4.69) is 5.32 Å². The molecule has 1 nitrogen and oxygen atoms in total. The van der Waals surface area contributed by atoms with Gasteiger partial charge in [0, 0.05) is 11.6 Å². The first kappa shape index (κ1) is 16.7. The van der Waals surface area contributed by atoms with E-state index in [1.165, 1.54) is 17.4 Å². The molecule has 6 heteroatoms. The maximum Gasteiger partial charge on any atom is 0.162 e. The van der Waals surface area contributed by atoms with Crippen molar-refractivity contribution < 1.29 is 8.78 Å². The van der Waals surface area contributed by atoms with Crippen molar-refractivity contribution >= 4 is 34.5 Å². The highest BCUT2D eigenvalue weighted by atomic mass is 35.5. The SMILES string of the molecule is CCCNC(Cc1cccc(F)c1F)c1cc(Cl)sc1Cl. The largest absolute Gasteiger partial charge is 0.310 e. The van der Waals surface area contributed by atoms with Crippen molar-refractivity contribution in [2.75, 3.05) is 6.54 Å². The minimum Gasteiger partial charge on any atom is -0.310 e. The van der Waals surface area contributed by atoms with Gasteiger partial charge in [-0.2, -0.15) is 0 Å². The Morgan fingerprint density at radius 1 is 1.29 bits per heavy atom. The molecule has 0 aliphatic heterocycles. The van der Waals surface area contributed by atoms with E-state index in [1.807, 2.05) is 6.92 Å². The molecule has 2 aromatic rings. The van der Waals surface area contributed by atoms with Crippen molar-refractivity contribution in [2.45, 2.75) is 25.8 Å².